The molecule has 2 aromatic carbocycles. The fourth-order valence-corrected chi connectivity index (χ4v) is 1.80. The van der Waals surface area contributed by atoms with Gasteiger partial charge < -0.3 is 9.84 Å². The van der Waals surface area contributed by atoms with Crippen LogP contribution in [0.4, 0.5) is 5.69 Å². The third kappa shape index (κ3) is 3.82. The summed E-state index contributed by atoms with van der Waals surface area (Å²) in [6.45, 7) is 0. The number of nitrogens with zero attached hydrogens (tertiary/aromatic N) is 2. The van der Waals surface area contributed by atoms with Crippen LogP contribution in [0.5, 0.6) is 11.5 Å². The maximum atomic E-state index is 12.1. The Hall–Kier alpha value is -3.42. The van der Waals surface area contributed by atoms with Gasteiger partial charge in [-0.25, -0.2) is 5.43 Å². The maximum Gasteiger partial charge on any atom is 0.275 e. The van der Waals surface area contributed by atoms with Gasteiger partial charge in [-0.3, -0.25) is 14.9 Å². The second-order valence-corrected chi connectivity index (χ2v) is 4.40. The molecular weight excluding hydrogens is 302 g/mol. The van der Waals surface area contributed by atoms with E-state index in [0.717, 1.165) is 6.07 Å². The van der Waals surface area contributed by atoms with Gasteiger partial charge in [-0.2, -0.15) is 5.10 Å². The first-order chi connectivity index (χ1) is 11.0. The number of para-hydroxylation sites is 1. The Kier molecular flexibility index (Phi) is 4.88. The minimum Gasteiger partial charge on any atom is -0.507 e. The third-order valence-electron chi connectivity index (χ3n) is 2.94. The SMILES string of the molecule is COc1ccc([N+](=O)[O-])cc1C(=O)N/N=C\c1ccccc1O. The highest BCUT2D eigenvalue weighted by Crippen LogP contribution is 2.23. The number of nitrogens with one attached hydrogen (secondary N) is 1. The van der Waals surface area contributed by atoms with Gasteiger partial charge in [-0.1, -0.05) is 12.1 Å². The molecule has 8 nitrogen and oxygen atoms in total. The van der Waals surface area contributed by atoms with Crippen molar-refractivity contribution in [1.29, 1.82) is 0 Å². The van der Waals surface area contributed by atoms with Crippen molar-refractivity contribution >= 4 is 17.8 Å². The number of hydrogen-bond donors (Lipinski definition) is 2. The van der Waals surface area contributed by atoms with Crippen molar-refractivity contribution in [2.75, 3.05) is 7.11 Å². The lowest BCUT2D eigenvalue weighted by Gasteiger charge is -2.06. The van der Waals surface area contributed by atoms with Crippen LogP contribution in [-0.2, 0) is 0 Å². The van der Waals surface area contributed by atoms with Crippen LogP contribution in [0.1, 0.15) is 15.9 Å². The van der Waals surface area contributed by atoms with E-state index < -0.39 is 10.8 Å². The Labute approximate surface area is 131 Å². The number of nitro benzene ring substituents is 1. The van der Waals surface area contributed by atoms with Gasteiger partial charge in [-0.15, -0.1) is 0 Å². The van der Waals surface area contributed by atoms with Gasteiger partial charge in [-0.05, 0) is 18.2 Å². The van der Waals surface area contributed by atoms with E-state index >= 15 is 0 Å². The molecule has 118 valence electrons. The number of rotatable bonds is 5. The maximum absolute atomic E-state index is 12.1. The molecule has 2 aromatic rings. The number of hydrazone groups is 1. The van der Waals surface area contributed by atoms with Gasteiger partial charge in [0.05, 0.1) is 23.8 Å². The van der Waals surface area contributed by atoms with Gasteiger partial charge >= 0.3 is 0 Å². The molecule has 0 aliphatic carbocycles. The summed E-state index contributed by atoms with van der Waals surface area (Å²) in [4.78, 5) is 22.3. The van der Waals surface area contributed by atoms with Gasteiger partial charge in [0, 0.05) is 17.7 Å². The fourth-order valence-electron chi connectivity index (χ4n) is 1.80. The predicted octanol–water partition coefficient (Wildman–Crippen LogP) is 2.07. The molecule has 0 bridgehead atoms. The molecule has 0 heterocycles. The molecule has 2 N–H and O–H groups in total. The summed E-state index contributed by atoms with van der Waals surface area (Å²) in [7, 11) is 1.35. The largest absolute Gasteiger partial charge is 0.507 e. The van der Waals surface area contributed by atoms with Gasteiger partial charge in [0.15, 0.2) is 0 Å². The van der Waals surface area contributed by atoms with Crippen LogP contribution in [0, 0.1) is 10.1 Å². The number of non-ortho nitro benzene ring substituents is 1. The first-order valence-electron chi connectivity index (χ1n) is 6.46. The molecule has 0 saturated heterocycles. The summed E-state index contributed by atoms with van der Waals surface area (Å²) in [5, 5.41) is 24.1. The van der Waals surface area contributed by atoms with E-state index in [2.05, 4.69) is 10.5 Å². The third-order valence-corrected chi connectivity index (χ3v) is 2.94. The molecule has 0 aliphatic rings. The monoisotopic (exact) mass is 315 g/mol. The average Bonchev–Trinajstić information content (AvgIpc) is 2.55. The lowest BCUT2D eigenvalue weighted by Crippen LogP contribution is -2.18. The molecular formula is C15H13N3O5. The van der Waals surface area contributed by atoms with E-state index in [0.29, 0.717) is 5.56 Å². The van der Waals surface area contributed by atoms with Crippen LogP contribution in [0.25, 0.3) is 0 Å². The Bertz CT molecular complexity index is 773. The van der Waals surface area contributed by atoms with Crippen molar-refractivity contribution in [2.45, 2.75) is 0 Å². The number of methoxy groups -OCH3 is 1. The standard InChI is InChI=1S/C15H13N3O5/c1-23-14-7-6-11(18(21)22)8-12(14)15(20)17-16-9-10-4-2-3-5-13(10)19/h2-9,19H,1H3,(H,17,20)/b16-9-. The van der Waals surface area contributed by atoms with Crippen molar-refractivity contribution in [1.82, 2.24) is 5.43 Å². The molecule has 0 radical (unpaired) electrons. The summed E-state index contributed by atoms with van der Waals surface area (Å²) >= 11 is 0. The number of hydrogen-bond acceptors (Lipinski definition) is 6. The number of carbonyl (C=O) groups excluding carboxylic acids is 1. The Morgan fingerprint density at radius 3 is 2.74 bits per heavy atom. The van der Waals surface area contributed by atoms with E-state index in [1.54, 1.807) is 18.2 Å². The number of phenolic OH excluding ortho intramolecular Hbond substituents is 1. The molecule has 0 spiro atoms. The zero-order chi connectivity index (χ0) is 16.8. The number of aromatic hydroxyl groups is 1. The number of ether oxygens (including phenoxy) is 1. The number of amides is 1. The van der Waals surface area contributed by atoms with E-state index in [1.807, 2.05) is 0 Å². The minimum absolute atomic E-state index is 0.0124. The summed E-state index contributed by atoms with van der Waals surface area (Å²) in [5.74, 6) is -0.471. The quantitative estimate of drug-likeness (QED) is 0.498. The molecule has 0 saturated carbocycles. The molecule has 1 amide bonds. The zero-order valence-electron chi connectivity index (χ0n) is 12.1. The molecule has 0 fully saturated rings. The van der Waals surface area contributed by atoms with Gasteiger partial charge in [0.1, 0.15) is 11.5 Å². The summed E-state index contributed by atoms with van der Waals surface area (Å²) < 4.78 is 5.01. The number of carbonyl (C=O) groups is 1. The summed E-state index contributed by atoms with van der Waals surface area (Å²) in [6.07, 6.45) is 1.26. The lowest BCUT2D eigenvalue weighted by atomic mass is 10.1. The Morgan fingerprint density at radius 1 is 1.35 bits per heavy atom. The molecule has 0 aliphatic heterocycles. The first-order valence-corrected chi connectivity index (χ1v) is 6.46. The lowest BCUT2D eigenvalue weighted by molar-refractivity contribution is -0.384. The minimum atomic E-state index is -0.669. The second-order valence-electron chi connectivity index (χ2n) is 4.40. The normalized spacial score (nSPS) is 10.5. The van der Waals surface area contributed by atoms with Crippen LogP contribution < -0.4 is 10.2 Å². The topological polar surface area (TPSA) is 114 Å². The summed E-state index contributed by atoms with van der Waals surface area (Å²) in [6, 6.07) is 10.1. The zero-order valence-corrected chi connectivity index (χ0v) is 12.1. The molecule has 2 rings (SSSR count). The fraction of sp³-hybridized carbons (Fsp3) is 0.0667. The van der Waals surface area contributed by atoms with Crippen LogP contribution >= 0.6 is 0 Å². The van der Waals surface area contributed by atoms with Crippen LogP contribution in [-0.4, -0.2) is 29.3 Å². The highest BCUT2D eigenvalue weighted by Gasteiger charge is 2.17. The van der Waals surface area contributed by atoms with Gasteiger partial charge in [0.2, 0.25) is 0 Å². The number of benzene rings is 2. The molecule has 0 unspecified atom stereocenters. The van der Waals surface area contributed by atoms with Crippen molar-refractivity contribution in [2.24, 2.45) is 5.10 Å². The van der Waals surface area contributed by atoms with E-state index in [4.69, 9.17) is 4.74 Å². The second kappa shape index (κ2) is 7.03. The molecule has 8 heteroatoms. The molecule has 0 atom stereocenters. The van der Waals surface area contributed by atoms with E-state index in [-0.39, 0.29) is 22.7 Å². The van der Waals surface area contributed by atoms with Crippen molar-refractivity contribution in [3.8, 4) is 11.5 Å². The van der Waals surface area contributed by atoms with Crippen molar-refractivity contribution < 1.29 is 19.6 Å². The average molecular weight is 315 g/mol. The molecule has 23 heavy (non-hydrogen) atoms. The molecule has 0 aromatic heterocycles. The predicted molar refractivity (Wildman–Crippen MR) is 82.8 cm³/mol. The number of phenols is 1. The van der Waals surface area contributed by atoms with Crippen LogP contribution in [0.15, 0.2) is 47.6 Å². The van der Waals surface area contributed by atoms with E-state index in [9.17, 15) is 20.0 Å². The highest BCUT2D eigenvalue weighted by atomic mass is 16.6. The van der Waals surface area contributed by atoms with Crippen LogP contribution in [0.3, 0.4) is 0 Å². The van der Waals surface area contributed by atoms with E-state index in [1.165, 1.54) is 31.5 Å². The van der Waals surface area contributed by atoms with Crippen molar-refractivity contribution in [3.63, 3.8) is 0 Å². The Morgan fingerprint density at radius 2 is 2.09 bits per heavy atom. The van der Waals surface area contributed by atoms with Crippen LogP contribution in [0.2, 0.25) is 0 Å². The summed E-state index contributed by atoms with van der Waals surface area (Å²) in [5.41, 5.74) is 2.39. The number of nitro groups is 1. The first kappa shape index (κ1) is 16.0. The van der Waals surface area contributed by atoms with Gasteiger partial charge in [0.25, 0.3) is 11.6 Å². The smallest absolute Gasteiger partial charge is 0.275 e. The Balaban J connectivity index is 2.19. The van der Waals surface area contributed by atoms with Crippen molar-refractivity contribution in [3.05, 3.63) is 63.7 Å². The highest BCUT2D eigenvalue weighted by molar-refractivity contribution is 5.98.